The molecule has 1 aliphatic heterocycles. The Bertz CT molecular complexity index is 864. The van der Waals surface area contributed by atoms with E-state index in [2.05, 4.69) is 6.07 Å². The molecular formula is C18H14N2O5. The average Bonchev–Trinajstić information content (AvgIpc) is 2.65. The molecule has 1 heterocycles. The molecule has 0 fully saturated rings. The number of non-ortho nitro benzene ring substituents is 1. The van der Waals surface area contributed by atoms with Crippen LogP contribution in [0.1, 0.15) is 11.1 Å². The van der Waals surface area contributed by atoms with Gasteiger partial charge < -0.3 is 14.2 Å². The number of nitro benzene ring substituents is 1. The van der Waals surface area contributed by atoms with E-state index in [1.165, 1.54) is 19.2 Å². The van der Waals surface area contributed by atoms with Gasteiger partial charge in [-0.05, 0) is 41.5 Å². The molecule has 2 aromatic carbocycles. The van der Waals surface area contributed by atoms with Gasteiger partial charge in [-0.25, -0.2) is 0 Å². The highest BCUT2D eigenvalue weighted by molar-refractivity contribution is 5.90. The molecular weight excluding hydrogens is 324 g/mol. The molecule has 0 spiro atoms. The van der Waals surface area contributed by atoms with Crippen LogP contribution in [0.25, 0.3) is 11.6 Å². The normalized spacial score (nSPS) is 13.0. The fourth-order valence-electron chi connectivity index (χ4n) is 2.49. The Morgan fingerprint density at radius 2 is 2.00 bits per heavy atom. The molecule has 0 N–H and O–H groups in total. The Labute approximate surface area is 143 Å². The van der Waals surface area contributed by atoms with Gasteiger partial charge >= 0.3 is 0 Å². The van der Waals surface area contributed by atoms with Crippen molar-refractivity contribution in [2.45, 2.75) is 0 Å². The Kier molecular flexibility index (Phi) is 4.53. The number of allylic oxidation sites excluding steroid dienone is 1. The molecule has 0 radical (unpaired) electrons. The van der Waals surface area contributed by atoms with Crippen LogP contribution in [0, 0.1) is 21.4 Å². The lowest BCUT2D eigenvalue weighted by Crippen LogP contribution is -2.16. The first-order valence-electron chi connectivity index (χ1n) is 7.46. The van der Waals surface area contributed by atoms with Gasteiger partial charge in [0.25, 0.3) is 5.69 Å². The second-order valence-corrected chi connectivity index (χ2v) is 5.22. The lowest BCUT2D eigenvalue weighted by Gasteiger charge is -2.21. The molecule has 126 valence electrons. The summed E-state index contributed by atoms with van der Waals surface area (Å²) in [5.41, 5.74) is 1.63. The second kappa shape index (κ2) is 6.93. The van der Waals surface area contributed by atoms with Crippen LogP contribution in [0.5, 0.6) is 17.2 Å². The third-order valence-electron chi connectivity index (χ3n) is 3.67. The van der Waals surface area contributed by atoms with E-state index in [1.54, 1.807) is 30.3 Å². The van der Waals surface area contributed by atoms with E-state index < -0.39 is 4.92 Å². The van der Waals surface area contributed by atoms with Crippen molar-refractivity contribution in [1.82, 2.24) is 0 Å². The molecule has 2 aromatic rings. The van der Waals surface area contributed by atoms with E-state index in [0.717, 1.165) is 0 Å². The maximum atomic E-state index is 10.7. The maximum absolute atomic E-state index is 10.7. The van der Waals surface area contributed by atoms with E-state index in [1.807, 2.05) is 0 Å². The van der Waals surface area contributed by atoms with Crippen LogP contribution >= 0.6 is 0 Å². The van der Waals surface area contributed by atoms with Crippen molar-refractivity contribution in [3.8, 4) is 23.3 Å². The largest absolute Gasteiger partial charge is 0.493 e. The van der Waals surface area contributed by atoms with Gasteiger partial charge in [-0.1, -0.05) is 0 Å². The molecule has 3 rings (SSSR count). The Morgan fingerprint density at radius 1 is 1.28 bits per heavy atom. The van der Waals surface area contributed by atoms with Crippen molar-refractivity contribution >= 4 is 17.3 Å². The summed E-state index contributed by atoms with van der Waals surface area (Å²) in [6, 6.07) is 11.4. The summed E-state index contributed by atoms with van der Waals surface area (Å²) < 4.78 is 16.5. The fourth-order valence-corrected chi connectivity index (χ4v) is 2.49. The standard InChI is InChI=1S/C18H14N2O5/c1-23-16-9-12(10-17-18(16)25-7-6-24-17)8-14(11-19)13-2-4-15(5-3-13)20(21)22/h2-5,8-10H,6-7H2,1H3/b14-8+. The molecule has 0 bridgehead atoms. The van der Waals surface area contributed by atoms with E-state index in [-0.39, 0.29) is 5.69 Å². The molecule has 7 nitrogen and oxygen atoms in total. The highest BCUT2D eigenvalue weighted by atomic mass is 16.6. The van der Waals surface area contributed by atoms with Gasteiger partial charge in [-0.3, -0.25) is 10.1 Å². The number of nitro groups is 1. The van der Waals surface area contributed by atoms with Crippen LogP contribution in [0.3, 0.4) is 0 Å². The smallest absolute Gasteiger partial charge is 0.269 e. The fraction of sp³-hybridized carbons (Fsp3) is 0.167. The zero-order valence-corrected chi connectivity index (χ0v) is 13.4. The maximum Gasteiger partial charge on any atom is 0.269 e. The monoisotopic (exact) mass is 338 g/mol. The predicted molar refractivity (Wildman–Crippen MR) is 90.6 cm³/mol. The number of benzene rings is 2. The van der Waals surface area contributed by atoms with E-state index >= 15 is 0 Å². The number of hydrogen-bond acceptors (Lipinski definition) is 6. The molecule has 7 heteroatoms. The summed E-state index contributed by atoms with van der Waals surface area (Å²) >= 11 is 0. The molecule has 0 aliphatic carbocycles. The van der Waals surface area contributed by atoms with Crippen molar-refractivity contribution in [1.29, 1.82) is 5.26 Å². The minimum atomic E-state index is -0.481. The summed E-state index contributed by atoms with van der Waals surface area (Å²) in [4.78, 5) is 10.3. The SMILES string of the molecule is COc1cc(/C=C(\C#N)c2ccc([N+](=O)[O-])cc2)cc2c1OCCO2. The van der Waals surface area contributed by atoms with Crippen LogP contribution in [0.4, 0.5) is 5.69 Å². The lowest BCUT2D eigenvalue weighted by molar-refractivity contribution is -0.384. The second-order valence-electron chi connectivity index (χ2n) is 5.22. The summed E-state index contributed by atoms with van der Waals surface area (Å²) in [6.07, 6.45) is 1.67. The number of nitriles is 1. The van der Waals surface area contributed by atoms with Crippen LogP contribution in [0.2, 0.25) is 0 Å². The molecule has 0 atom stereocenters. The van der Waals surface area contributed by atoms with Crippen molar-refractivity contribution in [2.75, 3.05) is 20.3 Å². The van der Waals surface area contributed by atoms with Gasteiger partial charge in [0.1, 0.15) is 13.2 Å². The topological polar surface area (TPSA) is 94.6 Å². The number of nitrogens with zero attached hydrogens (tertiary/aromatic N) is 2. The van der Waals surface area contributed by atoms with E-state index in [4.69, 9.17) is 14.2 Å². The lowest BCUT2D eigenvalue weighted by atomic mass is 10.0. The number of ether oxygens (including phenoxy) is 3. The quantitative estimate of drug-likeness (QED) is 0.367. The Morgan fingerprint density at radius 3 is 2.64 bits per heavy atom. The van der Waals surface area contributed by atoms with Gasteiger partial charge in [-0.2, -0.15) is 5.26 Å². The van der Waals surface area contributed by atoms with Crippen molar-refractivity contribution in [3.63, 3.8) is 0 Å². The van der Waals surface area contributed by atoms with Gasteiger partial charge in [0.15, 0.2) is 11.5 Å². The van der Waals surface area contributed by atoms with Gasteiger partial charge in [0.2, 0.25) is 5.75 Å². The zero-order valence-electron chi connectivity index (χ0n) is 13.4. The van der Waals surface area contributed by atoms with Crippen LogP contribution < -0.4 is 14.2 Å². The average molecular weight is 338 g/mol. The molecule has 0 saturated heterocycles. The number of methoxy groups -OCH3 is 1. The Balaban J connectivity index is 2.00. The van der Waals surface area contributed by atoms with Gasteiger partial charge in [0.05, 0.1) is 23.7 Å². The van der Waals surface area contributed by atoms with E-state index in [0.29, 0.717) is 47.2 Å². The number of fused-ring (bicyclic) bond motifs is 1. The molecule has 0 aromatic heterocycles. The highest BCUT2D eigenvalue weighted by Gasteiger charge is 2.18. The highest BCUT2D eigenvalue weighted by Crippen LogP contribution is 2.41. The van der Waals surface area contributed by atoms with Crippen molar-refractivity contribution in [2.24, 2.45) is 0 Å². The summed E-state index contributed by atoms with van der Waals surface area (Å²) in [6.45, 7) is 0.890. The minimum Gasteiger partial charge on any atom is -0.493 e. The van der Waals surface area contributed by atoms with Crippen LogP contribution in [0.15, 0.2) is 36.4 Å². The third kappa shape index (κ3) is 3.38. The third-order valence-corrected chi connectivity index (χ3v) is 3.67. The molecule has 1 aliphatic rings. The number of hydrogen-bond donors (Lipinski definition) is 0. The van der Waals surface area contributed by atoms with E-state index in [9.17, 15) is 15.4 Å². The minimum absolute atomic E-state index is 0.0259. The zero-order chi connectivity index (χ0) is 17.8. The number of rotatable bonds is 4. The van der Waals surface area contributed by atoms with Crippen LogP contribution in [-0.4, -0.2) is 25.2 Å². The van der Waals surface area contributed by atoms with Crippen molar-refractivity contribution in [3.05, 3.63) is 57.6 Å². The van der Waals surface area contributed by atoms with Gasteiger partial charge in [-0.15, -0.1) is 0 Å². The molecule has 0 amide bonds. The van der Waals surface area contributed by atoms with Gasteiger partial charge in [0, 0.05) is 12.1 Å². The molecule has 0 saturated carbocycles. The van der Waals surface area contributed by atoms with Crippen molar-refractivity contribution < 1.29 is 19.1 Å². The molecule has 25 heavy (non-hydrogen) atoms. The first kappa shape index (κ1) is 16.3. The Hall–Kier alpha value is -3.53. The first-order chi connectivity index (χ1) is 12.1. The first-order valence-corrected chi connectivity index (χ1v) is 7.46. The van der Waals surface area contributed by atoms with Crippen LogP contribution in [-0.2, 0) is 0 Å². The summed E-state index contributed by atoms with van der Waals surface area (Å²) in [5.74, 6) is 1.61. The molecule has 0 unspecified atom stereocenters. The predicted octanol–water partition coefficient (Wildman–Crippen LogP) is 3.44. The summed E-state index contributed by atoms with van der Waals surface area (Å²) in [7, 11) is 1.53. The summed E-state index contributed by atoms with van der Waals surface area (Å²) in [5, 5.41) is 20.2.